The molecule has 1 aromatic carbocycles. The SMILES string of the molecule is Cc1nc2nccc(-c3ccc(OCC(C)CC(C)C)c(C#N)c3)c2nc1C. The lowest BCUT2D eigenvalue weighted by atomic mass is 9.99. The summed E-state index contributed by atoms with van der Waals surface area (Å²) in [6, 6.07) is 9.87. The van der Waals surface area contributed by atoms with Crippen molar-refractivity contribution in [1.29, 1.82) is 5.26 Å². The van der Waals surface area contributed by atoms with Crippen molar-refractivity contribution in [3.8, 4) is 22.9 Å². The molecule has 0 bridgehead atoms. The Balaban J connectivity index is 1.94. The standard InChI is InChI=1S/C23H26N4O/c1-14(2)10-15(3)13-28-21-7-6-18(11-19(21)12-24)20-8-9-25-23-22(20)26-16(4)17(5)27-23/h6-9,11,14-15H,10,13H2,1-5H3. The van der Waals surface area contributed by atoms with Gasteiger partial charge in [-0.2, -0.15) is 5.26 Å². The second-order valence-electron chi connectivity index (χ2n) is 7.79. The Bertz CT molecular complexity index is 1040. The maximum Gasteiger partial charge on any atom is 0.179 e. The summed E-state index contributed by atoms with van der Waals surface area (Å²) < 4.78 is 5.94. The first-order valence-corrected chi connectivity index (χ1v) is 9.66. The fraction of sp³-hybridized carbons (Fsp3) is 0.391. The molecular weight excluding hydrogens is 348 g/mol. The first-order valence-electron chi connectivity index (χ1n) is 9.66. The second kappa shape index (κ2) is 8.35. The van der Waals surface area contributed by atoms with Gasteiger partial charge in [0.15, 0.2) is 5.65 Å². The van der Waals surface area contributed by atoms with Gasteiger partial charge in [0.25, 0.3) is 0 Å². The Morgan fingerprint density at radius 3 is 2.54 bits per heavy atom. The minimum Gasteiger partial charge on any atom is -0.492 e. The lowest BCUT2D eigenvalue weighted by Gasteiger charge is -2.16. The summed E-state index contributed by atoms with van der Waals surface area (Å²) in [6.07, 6.45) is 2.82. The summed E-state index contributed by atoms with van der Waals surface area (Å²) in [5.74, 6) is 1.69. The van der Waals surface area contributed by atoms with E-state index in [1.807, 2.05) is 38.1 Å². The number of hydrogen-bond donors (Lipinski definition) is 0. The van der Waals surface area contributed by atoms with Crippen LogP contribution in [0.1, 0.15) is 44.1 Å². The fourth-order valence-electron chi connectivity index (χ4n) is 3.37. The molecule has 0 spiro atoms. The highest BCUT2D eigenvalue weighted by Crippen LogP contribution is 2.30. The van der Waals surface area contributed by atoms with Crippen molar-refractivity contribution in [1.82, 2.24) is 15.0 Å². The molecule has 5 heteroatoms. The molecule has 0 aliphatic heterocycles. The second-order valence-corrected chi connectivity index (χ2v) is 7.79. The fourth-order valence-corrected chi connectivity index (χ4v) is 3.37. The molecule has 1 unspecified atom stereocenters. The molecule has 0 amide bonds. The average Bonchev–Trinajstić information content (AvgIpc) is 2.66. The summed E-state index contributed by atoms with van der Waals surface area (Å²) in [5.41, 5.74) is 5.45. The topological polar surface area (TPSA) is 71.7 Å². The van der Waals surface area contributed by atoms with Gasteiger partial charge in [0.1, 0.15) is 17.3 Å². The molecular formula is C23H26N4O. The Labute approximate surface area is 166 Å². The van der Waals surface area contributed by atoms with E-state index in [1.54, 1.807) is 6.20 Å². The maximum absolute atomic E-state index is 9.62. The number of pyridine rings is 1. The number of nitriles is 1. The van der Waals surface area contributed by atoms with E-state index >= 15 is 0 Å². The van der Waals surface area contributed by atoms with Gasteiger partial charge in [-0.1, -0.05) is 26.8 Å². The molecule has 1 atom stereocenters. The van der Waals surface area contributed by atoms with Gasteiger partial charge in [-0.25, -0.2) is 15.0 Å². The van der Waals surface area contributed by atoms with Gasteiger partial charge in [-0.3, -0.25) is 0 Å². The van der Waals surface area contributed by atoms with Gasteiger partial charge in [-0.15, -0.1) is 0 Å². The summed E-state index contributed by atoms with van der Waals surface area (Å²) in [6.45, 7) is 11.1. The maximum atomic E-state index is 9.62. The number of nitrogens with zero attached hydrogens (tertiary/aromatic N) is 4. The number of ether oxygens (including phenoxy) is 1. The Morgan fingerprint density at radius 1 is 1.07 bits per heavy atom. The van der Waals surface area contributed by atoms with Gasteiger partial charge < -0.3 is 4.74 Å². The van der Waals surface area contributed by atoms with E-state index in [-0.39, 0.29) is 0 Å². The molecule has 3 aromatic rings. The van der Waals surface area contributed by atoms with Gasteiger partial charge in [-0.05, 0) is 55.9 Å². The van der Waals surface area contributed by atoms with Crippen molar-refractivity contribution in [3.63, 3.8) is 0 Å². The van der Waals surface area contributed by atoms with Crippen molar-refractivity contribution in [2.45, 2.75) is 41.0 Å². The monoisotopic (exact) mass is 374 g/mol. The van der Waals surface area contributed by atoms with Crippen LogP contribution in [0.4, 0.5) is 0 Å². The number of fused-ring (bicyclic) bond motifs is 1. The number of benzene rings is 1. The smallest absolute Gasteiger partial charge is 0.179 e. The average molecular weight is 374 g/mol. The quantitative estimate of drug-likeness (QED) is 0.590. The van der Waals surface area contributed by atoms with Crippen molar-refractivity contribution in [2.75, 3.05) is 6.61 Å². The molecule has 0 saturated carbocycles. The zero-order valence-electron chi connectivity index (χ0n) is 17.2. The van der Waals surface area contributed by atoms with Gasteiger partial charge in [0.05, 0.1) is 23.6 Å². The lowest BCUT2D eigenvalue weighted by Crippen LogP contribution is -2.11. The van der Waals surface area contributed by atoms with Crippen LogP contribution in [-0.4, -0.2) is 21.6 Å². The minimum absolute atomic E-state index is 0.442. The van der Waals surface area contributed by atoms with Crippen LogP contribution in [0.2, 0.25) is 0 Å². The Hall–Kier alpha value is -3.00. The van der Waals surface area contributed by atoms with Crippen LogP contribution in [0, 0.1) is 37.0 Å². The summed E-state index contributed by atoms with van der Waals surface area (Å²) >= 11 is 0. The molecule has 2 heterocycles. The minimum atomic E-state index is 0.442. The molecule has 28 heavy (non-hydrogen) atoms. The molecule has 5 nitrogen and oxygen atoms in total. The third kappa shape index (κ3) is 4.28. The third-order valence-electron chi connectivity index (χ3n) is 4.79. The van der Waals surface area contributed by atoms with Gasteiger partial charge in [0, 0.05) is 11.8 Å². The van der Waals surface area contributed by atoms with E-state index < -0.39 is 0 Å². The summed E-state index contributed by atoms with van der Waals surface area (Å²) in [5, 5.41) is 9.62. The van der Waals surface area contributed by atoms with Crippen molar-refractivity contribution < 1.29 is 4.74 Å². The van der Waals surface area contributed by atoms with Crippen LogP contribution in [0.25, 0.3) is 22.3 Å². The zero-order chi connectivity index (χ0) is 20.3. The highest BCUT2D eigenvalue weighted by Gasteiger charge is 2.13. The number of aromatic nitrogens is 3. The zero-order valence-corrected chi connectivity index (χ0v) is 17.2. The molecule has 144 valence electrons. The molecule has 0 N–H and O–H groups in total. The van der Waals surface area contributed by atoms with Gasteiger partial charge in [0.2, 0.25) is 0 Å². The van der Waals surface area contributed by atoms with Crippen molar-refractivity contribution in [3.05, 3.63) is 47.4 Å². The molecule has 3 rings (SSSR count). The van der Waals surface area contributed by atoms with E-state index in [9.17, 15) is 5.26 Å². The predicted octanol–water partition coefficient (Wildman–Crippen LogP) is 5.24. The molecule has 0 fully saturated rings. The molecule has 0 aliphatic carbocycles. The Kier molecular flexibility index (Phi) is 5.89. The van der Waals surface area contributed by atoms with Crippen molar-refractivity contribution >= 4 is 11.2 Å². The van der Waals surface area contributed by atoms with E-state index in [0.29, 0.717) is 35.4 Å². The van der Waals surface area contributed by atoms with Crippen molar-refractivity contribution in [2.24, 2.45) is 11.8 Å². The number of aryl methyl sites for hydroxylation is 2. The van der Waals surface area contributed by atoms with Crippen LogP contribution in [0.15, 0.2) is 30.5 Å². The first-order chi connectivity index (χ1) is 13.4. The molecule has 0 aliphatic rings. The van der Waals surface area contributed by atoms with Gasteiger partial charge >= 0.3 is 0 Å². The molecule has 2 aromatic heterocycles. The van der Waals surface area contributed by atoms with Crippen LogP contribution in [0.5, 0.6) is 5.75 Å². The molecule has 0 radical (unpaired) electrons. The number of hydrogen-bond acceptors (Lipinski definition) is 5. The third-order valence-corrected chi connectivity index (χ3v) is 4.79. The predicted molar refractivity (Wildman–Crippen MR) is 111 cm³/mol. The van der Waals surface area contributed by atoms with Crippen LogP contribution >= 0.6 is 0 Å². The molecule has 0 saturated heterocycles. The highest BCUT2D eigenvalue weighted by atomic mass is 16.5. The van der Waals surface area contributed by atoms with E-state index in [1.165, 1.54) is 0 Å². The first kappa shape index (κ1) is 19.8. The normalized spacial score (nSPS) is 12.2. The number of rotatable bonds is 6. The van der Waals surface area contributed by atoms with E-state index in [2.05, 4.69) is 41.8 Å². The van der Waals surface area contributed by atoms with E-state index in [0.717, 1.165) is 34.5 Å². The van der Waals surface area contributed by atoms with Crippen LogP contribution in [0.3, 0.4) is 0 Å². The Morgan fingerprint density at radius 2 is 1.82 bits per heavy atom. The van der Waals surface area contributed by atoms with Crippen LogP contribution in [-0.2, 0) is 0 Å². The summed E-state index contributed by atoms with van der Waals surface area (Å²) in [4.78, 5) is 13.5. The summed E-state index contributed by atoms with van der Waals surface area (Å²) in [7, 11) is 0. The highest BCUT2D eigenvalue weighted by molar-refractivity contribution is 5.89. The largest absolute Gasteiger partial charge is 0.492 e. The van der Waals surface area contributed by atoms with E-state index in [4.69, 9.17) is 4.74 Å². The van der Waals surface area contributed by atoms with Crippen LogP contribution < -0.4 is 4.74 Å². The lowest BCUT2D eigenvalue weighted by molar-refractivity contribution is 0.238.